The van der Waals surface area contributed by atoms with Crippen LogP contribution in [-0.4, -0.2) is 48.2 Å². The predicted molar refractivity (Wildman–Crippen MR) is 80.2 cm³/mol. The van der Waals surface area contributed by atoms with Crippen LogP contribution in [0.25, 0.3) is 0 Å². The van der Waals surface area contributed by atoms with Crippen LogP contribution in [0.5, 0.6) is 11.5 Å². The van der Waals surface area contributed by atoms with E-state index < -0.39 is 12.0 Å². The lowest BCUT2D eigenvalue weighted by Crippen LogP contribution is -2.49. The number of hydrogen-bond donors (Lipinski definition) is 1. The summed E-state index contributed by atoms with van der Waals surface area (Å²) in [5.74, 6) is -0.234. The average Bonchev–Trinajstić information content (AvgIpc) is 2.53. The lowest BCUT2D eigenvalue weighted by molar-refractivity contribution is -0.152. The molecule has 1 atom stereocenters. The second kappa shape index (κ2) is 7.15. The first-order chi connectivity index (χ1) is 10.5. The van der Waals surface area contributed by atoms with Gasteiger partial charge in [0, 0.05) is 6.54 Å². The molecule has 1 aliphatic heterocycles. The lowest BCUT2D eigenvalue weighted by Gasteiger charge is -2.32. The molecule has 0 saturated carbocycles. The van der Waals surface area contributed by atoms with E-state index >= 15 is 0 Å². The van der Waals surface area contributed by atoms with Crippen LogP contribution in [-0.2, 0) is 9.59 Å². The minimum atomic E-state index is -0.957. The predicted octanol–water partition coefficient (Wildman–Crippen LogP) is 1.85. The number of hydrogen-bond acceptors (Lipinski definition) is 4. The van der Waals surface area contributed by atoms with E-state index in [-0.39, 0.29) is 12.5 Å². The molecule has 1 N–H and O–H groups in total. The van der Waals surface area contributed by atoms with E-state index in [2.05, 4.69) is 0 Å². The summed E-state index contributed by atoms with van der Waals surface area (Å²) in [5, 5.41) is 9.20. The van der Waals surface area contributed by atoms with E-state index in [1.807, 2.05) is 19.1 Å². The third kappa shape index (κ3) is 3.69. The number of methoxy groups -OCH3 is 1. The van der Waals surface area contributed by atoms with Gasteiger partial charge in [0.15, 0.2) is 18.1 Å². The molecule has 1 aromatic carbocycles. The van der Waals surface area contributed by atoms with Crippen molar-refractivity contribution in [1.29, 1.82) is 0 Å². The molecule has 0 aromatic heterocycles. The zero-order valence-corrected chi connectivity index (χ0v) is 12.9. The highest BCUT2D eigenvalue weighted by Crippen LogP contribution is 2.28. The topological polar surface area (TPSA) is 76.1 Å². The van der Waals surface area contributed by atoms with Crippen LogP contribution < -0.4 is 9.47 Å². The van der Waals surface area contributed by atoms with Gasteiger partial charge in [-0.25, -0.2) is 4.79 Å². The van der Waals surface area contributed by atoms with Gasteiger partial charge in [0.25, 0.3) is 5.91 Å². The van der Waals surface area contributed by atoms with Crippen molar-refractivity contribution >= 4 is 11.9 Å². The Kier molecular flexibility index (Phi) is 5.25. The fourth-order valence-corrected chi connectivity index (χ4v) is 2.60. The molecule has 0 unspecified atom stereocenters. The summed E-state index contributed by atoms with van der Waals surface area (Å²) in [4.78, 5) is 24.9. The Morgan fingerprint density at radius 3 is 2.77 bits per heavy atom. The van der Waals surface area contributed by atoms with Crippen LogP contribution >= 0.6 is 0 Å². The van der Waals surface area contributed by atoms with Gasteiger partial charge in [0.2, 0.25) is 0 Å². The summed E-state index contributed by atoms with van der Waals surface area (Å²) in [6.07, 6.45) is 2.14. The summed E-state index contributed by atoms with van der Waals surface area (Å²) < 4.78 is 10.7. The Balaban J connectivity index is 2.01. The molecule has 1 aliphatic rings. The summed E-state index contributed by atoms with van der Waals surface area (Å²) in [5.41, 5.74) is 1.03. The molecular formula is C16H21NO5. The average molecular weight is 307 g/mol. The van der Waals surface area contributed by atoms with Gasteiger partial charge in [-0.2, -0.15) is 0 Å². The lowest BCUT2D eigenvalue weighted by atomic mass is 10.0. The minimum absolute atomic E-state index is 0.191. The number of piperidine rings is 1. The molecule has 6 heteroatoms. The SMILES string of the molecule is COc1cc(C)ccc1OCC(=O)N1CCCC[C@H]1C(=O)O. The first-order valence-electron chi connectivity index (χ1n) is 7.32. The largest absolute Gasteiger partial charge is 0.493 e. The number of ether oxygens (including phenoxy) is 2. The highest BCUT2D eigenvalue weighted by atomic mass is 16.5. The van der Waals surface area contributed by atoms with Crippen molar-refractivity contribution in [2.24, 2.45) is 0 Å². The fourth-order valence-electron chi connectivity index (χ4n) is 2.60. The van der Waals surface area contributed by atoms with Gasteiger partial charge in [-0.15, -0.1) is 0 Å². The van der Waals surface area contributed by atoms with Crippen molar-refractivity contribution in [2.45, 2.75) is 32.2 Å². The monoisotopic (exact) mass is 307 g/mol. The number of carboxylic acid groups (broad SMARTS) is 1. The number of carbonyl (C=O) groups excluding carboxylic acids is 1. The van der Waals surface area contributed by atoms with Crippen molar-refractivity contribution < 1.29 is 24.2 Å². The van der Waals surface area contributed by atoms with Crippen molar-refractivity contribution in [3.05, 3.63) is 23.8 Å². The van der Waals surface area contributed by atoms with Crippen molar-refractivity contribution in [3.63, 3.8) is 0 Å². The summed E-state index contributed by atoms with van der Waals surface area (Å²) in [7, 11) is 1.54. The van der Waals surface area contributed by atoms with E-state index in [9.17, 15) is 14.7 Å². The Morgan fingerprint density at radius 1 is 1.32 bits per heavy atom. The molecule has 0 spiro atoms. The van der Waals surface area contributed by atoms with Gasteiger partial charge in [0.05, 0.1) is 7.11 Å². The Hall–Kier alpha value is -2.24. The number of aliphatic carboxylic acids is 1. The third-order valence-electron chi connectivity index (χ3n) is 3.78. The Labute approximate surface area is 129 Å². The van der Waals surface area contributed by atoms with E-state index in [0.29, 0.717) is 24.5 Å². The maximum Gasteiger partial charge on any atom is 0.326 e. The highest BCUT2D eigenvalue weighted by Gasteiger charge is 2.32. The molecule has 6 nitrogen and oxygen atoms in total. The second-order valence-electron chi connectivity index (χ2n) is 5.38. The molecule has 0 radical (unpaired) electrons. The number of carbonyl (C=O) groups is 2. The third-order valence-corrected chi connectivity index (χ3v) is 3.78. The molecule has 22 heavy (non-hydrogen) atoms. The number of benzene rings is 1. The highest BCUT2D eigenvalue weighted by molar-refractivity contribution is 5.84. The van der Waals surface area contributed by atoms with Gasteiger partial charge >= 0.3 is 5.97 Å². The van der Waals surface area contributed by atoms with Crippen molar-refractivity contribution in [3.8, 4) is 11.5 Å². The van der Waals surface area contributed by atoms with E-state index in [4.69, 9.17) is 9.47 Å². The maximum absolute atomic E-state index is 12.2. The molecule has 1 amide bonds. The van der Waals surface area contributed by atoms with Gasteiger partial charge in [-0.05, 0) is 43.9 Å². The quantitative estimate of drug-likeness (QED) is 0.898. The first kappa shape index (κ1) is 16.1. The summed E-state index contributed by atoms with van der Waals surface area (Å²) in [6, 6.07) is 4.68. The van der Waals surface area contributed by atoms with Crippen LogP contribution in [0, 0.1) is 6.92 Å². The molecule has 1 aromatic rings. The van der Waals surface area contributed by atoms with E-state index in [1.54, 1.807) is 6.07 Å². The summed E-state index contributed by atoms with van der Waals surface area (Å²) in [6.45, 7) is 2.20. The number of rotatable bonds is 5. The molecule has 1 heterocycles. The van der Waals surface area contributed by atoms with E-state index in [0.717, 1.165) is 18.4 Å². The summed E-state index contributed by atoms with van der Waals surface area (Å²) >= 11 is 0. The molecule has 1 saturated heterocycles. The van der Waals surface area contributed by atoms with Crippen LogP contribution in [0.15, 0.2) is 18.2 Å². The smallest absolute Gasteiger partial charge is 0.326 e. The molecular weight excluding hydrogens is 286 g/mol. The van der Waals surface area contributed by atoms with Crippen LogP contribution in [0.4, 0.5) is 0 Å². The molecule has 120 valence electrons. The Morgan fingerprint density at radius 2 is 2.09 bits per heavy atom. The number of likely N-dealkylation sites (tertiary alicyclic amines) is 1. The number of aryl methyl sites for hydroxylation is 1. The van der Waals surface area contributed by atoms with Crippen molar-refractivity contribution in [1.82, 2.24) is 4.90 Å². The zero-order chi connectivity index (χ0) is 16.1. The minimum Gasteiger partial charge on any atom is -0.493 e. The van der Waals surface area contributed by atoms with Crippen molar-refractivity contribution in [2.75, 3.05) is 20.3 Å². The number of amides is 1. The van der Waals surface area contributed by atoms with Gasteiger partial charge in [0.1, 0.15) is 6.04 Å². The Bertz CT molecular complexity index is 557. The zero-order valence-electron chi connectivity index (χ0n) is 12.9. The van der Waals surface area contributed by atoms with Crippen LogP contribution in [0.2, 0.25) is 0 Å². The molecule has 0 aliphatic carbocycles. The van der Waals surface area contributed by atoms with Gasteiger partial charge < -0.3 is 19.5 Å². The van der Waals surface area contributed by atoms with Gasteiger partial charge in [-0.1, -0.05) is 6.07 Å². The number of nitrogens with zero attached hydrogens (tertiary/aromatic N) is 1. The van der Waals surface area contributed by atoms with Gasteiger partial charge in [-0.3, -0.25) is 4.79 Å². The standard InChI is InChI=1S/C16H21NO5/c1-11-6-7-13(14(9-11)21-2)22-10-15(18)17-8-4-3-5-12(17)16(19)20/h6-7,9,12H,3-5,8,10H2,1-2H3,(H,19,20)/t12-/m0/s1. The normalized spacial score (nSPS) is 17.9. The first-order valence-corrected chi connectivity index (χ1v) is 7.32. The molecule has 2 rings (SSSR count). The van der Waals surface area contributed by atoms with E-state index in [1.165, 1.54) is 12.0 Å². The molecule has 0 bridgehead atoms. The second-order valence-corrected chi connectivity index (χ2v) is 5.38. The maximum atomic E-state index is 12.2. The van der Waals surface area contributed by atoms with Crippen LogP contribution in [0.3, 0.4) is 0 Å². The fraction of sp³-hybridized carbons (Fsp3) is 0.500. The molecule has 1 fully saturated rings. The number of carboxylic acids is 1. The van der Waals surface area contributed by atoms with Crippen LogP contribution in [0.1, 0.15) is 24.8 Å².